The maximum absolute atomic E-state index is 12.3. The lowest BCUT2D eigenvalue weighted by Crippen LogP contribution is -2.42. The van der Waals surface area contributed by atoms with Crippen LogP contribution in [0.2, 0.25) is 0 Å². The molecule has 0 radical (unpaired) electrons. The third-order valence-electron chi connectivity index (χ3n) is 6.91. The van der Waals surface area contributed by atoms with Crippen LogP contribution in [-0.4, -0.2) is 52.1 Å². The van der Waals surface area contributed by atoms with Gasteiger partial charge in [0.25, 0.3) is 0 Å². The van der Waals surface area contributed by atoms with Crippen LogP contribution in [0.15, 0.2) is 36.4 Å². The number of aromatic nitrogens is 4. The lowest BCUT2D eigenvalue weighted by Gasteiger charge is -2.32. The highest BCUT2D eigenvalue weighted by Gasteiger charge is 2.41. The average Bonchev–Trinajstić information content (AvgIpc) is 3.28. The molecule has 9 nitrogen and oxygen atoms in total. The number of hydrogen-bond donors (Lipinski definition) is 1. The van der Waals surface area contributed by atoms with E-state index in [-0.39, 0.29) is 12.2 Å². The number of ether oxygens (including phenoxy) is 3. The van der Waals surface area contributed by atoms with Crippen LogP contribution in [-0.2, 0) is 19.0 Å². The van der Waals surface area contributed by atoms with E-state index in [1.54, 1.807) is 7.11 Å². The topological polar surface area (TPSA) is 100 Å². The predicted molar refractivity (Wildman–Crippen MR) is 132 cm³/mol. The molecule has 2 aromatic heterocycles. The Balaban J connectivity index is 1.46. The second-order valence-electron chi connectivity index (χ2n) is 9.10. The molecule has 1 aliphatic carbocycles. The van der Waals surface area contributed by atoms with Crippen molar-refractivity contribution >= 4 is 34.1 Å². The van der Waals surface area contributed by atoms with Gasteiger partial charge in [-0.15, -0.1) is 0 Å². The Morgan fingerprint density at radius 3 is 2.80 bits per heavy atom. The Hall–Kier alpha value is -3.30. The summed E-state index contributed by atoms with van der Waals surface area (Å²) in [6.45, 7) is 2.80. The lowest BCUT2D eigenvalue weighted by atomic mass is 9.85. The molecule has 0 spiro atoms. The van der Waals surface area contributed by atoms with Gasteiger partial charge in [-0.1, -0.05) is 18.2 Å². The molecule has 9 heteroatoms. The molecule has 3 heterocycles. The highest BCUT2D eigenvalue weighted by molar-refractivity contribution is 5.91. The summed E-state index contributed by atoms with van der Waals surface area (Å²) in [5, 5.41) is 9.10. The summed E-state index contributed by atoms with van der Waals surface area (Å²) in [7, 11) is 2.93. The first-order chi connectivity index (χ1) is 17.0. The number of allylic oxidation sites excluding steroid dienone is 1. The molecule has 2 aliphatic rings. The number of carbonyl (C=O) groups excluding carboxylic acids is 1. The molecule has 0 amide bonds. The van der Waals surface area contributed by atoms with Gasteiger partial charge in [0.05, 0.1) is 12.6 Å². The first-order valence-electron chi connectivity index (χ1n) is 12.1. The normalized spacial score (nSPS) is 22.6. The predicted octanol–water partition coefficient (Wildman–Crippen LogP) is 4.70. The molecule has 1 saturated heterocycles. The van der Waals surface area contributed by atoms with Gasteiger partial charge in [0.15, 0.2) is 23.5 Å². The molecule has 35 heavy (non-hydrogen) atoms. The quantitative estimate of drug-likeness (QED) is 0.510. The fraction of sp³-hybridized carbons (Fsp3) is 0.462. The average molecular weight is 478 g/mol. The van der Waals surface area contributed by atoms with Crippen LogP contribution in [0.4, 0.5) is 11.6 Å². The second-order valence-corrected chi connectivity index (χ2v) is 9.10. The zero-order valence-electron chi connectivity index (χ0n) is 20.4. The summed E-state index contributed by atoms with van der Waals surface area (Å²) in [6.07, 6.45) is 6.68. The van der Waals surface area contributed by atoms with Crippen molar-refractivity contribution in [2.24, 2.45) is 0 Å². The SMILES string of the molecule is COC(=O)C1(OC)CC=C(c2nc(Nc3cc(C)n(C4CCCCO4)n3)c3ccccc3n2)CC1. The highest BCUT2D eigenvalue weighted by atomic mass is 16.6. The smallest absolute Gasteiger partial charge is 0.338 e. The van der Waals surface area contributed by atoms with Crippen LogP contribution in [0.1, 0.15) is 56.3 Å². The number of fused-ring (bicyclic) bond motifs is 1. The van der Waals surface area contributed by atoms with Crippen LogP contribution in [0, 0.1) is 6.92 Å². The van der Waals surface area contributed by atoms with Crippen molar-refractivity contribution in [2.45, 2.75) is 57.3 Å². The standard InChI is InChI=1S/C26H31N5O4/c1-17-16-21(30-31(17)22-10-6-7-15-35-22)28-24-19-8-4-5-9-20(19)27-23(29-24)18-11-13-26(34-3,14-12-18)25(32)33-2/h4-5,8-9,11,16,22H,6-7,10,12-15H2,1-3H3,(H,27,28,29,30). The van der Waals surface area contributed by atoms with Crippen LogP contribution in [0.5, 0.6) is 0 Å². The Labute approximate surface area is 204 Å². The minimum atomic E-state index is -0.957. The van der Waals surface area contributed by atoms with E-state index in [1.807, 2.05) is 48.0 Å². The number of nitrogens with one attached hydrogen (secondary N) is 1. The first-order valence-corrected chi connectivity index (χ1v) is 12.1. The summed E-state index contributed by atoms with van der Waals surface area (Å²) in [5.74, 6) is 1.68. The molecule has 2 atom stereocenters. The minimum Gasteiger partial charge on any atom is -0.467 e. The number of methoxy groups -OCH3 is 2. The number of benzene rings is 1. The molecule has 5 rings (SSSR count). The van der Waals surface area contributed by atoms with E-state index in [0.29, 0.717) is 36.7 Å². The van der Waals surface area contributed by atoms with Crippen LogP contribution >= 0.6 is 0 Å². The number of anilines is 2. The van der Waals surface area contributed by atoms with Crippen molar-refractivity contribution in [1.82, 2.24) is 19.7 Å². The second kappa shape index (κ2) is 9.75. The zero-order chi connectivity index (χ0) is 24.4. The summed E-state index contributed by atoms with van der Waals surface area (Å²) in [5.41, 5.74) is 1.89. The van der Waals surface area contributed by atoms with Gasteiger partial charge >= 0.3 is 5.97 Å². The van der Waals surface area contributed by atoms with Gasteiger partial charge in [0.2, 0.25) is 0 Å². The van der Waals surface area contributed by atoms with Gasteiger partial charge in [0.1, 0.15) is 5.82 Å². The van der Waals surface area contributed by atoms with Gasteiger partial charge in [0, 0.05) is 37.3 Å². The van der Waals surface area contributed by atoms with Gasteiger partial charge in [-0.25, -0.2) is 19.4 Å². The van der Waals surface area contributed by atoms with Gasteiger partial charge < -0.3 is 19.5 Å². The Morgan fingerprint density at radius 2 is 2.09 bits per heavy atom. The maximum Gasteiger partial charge on any atom is 0.338 e. The Morgan fingerprint density at radius 1 is 1.23 bits per heavy atom. The largest absolute Gasteiger partial charge is 0.467 e. The first kappa shape index (κ1) is 23.4. The van der Waals surface area contributed by atoms with E-state index < -0.39 is 5.60 Å². The van der Waals surface area contributed by atoms with Crippen LogP contribution < -0.4 is 5.32 Å². The Bertz CT molecular complexity index is 1260. The molecule has 1 aromatic carbocycles. The van der Waals surface area contributed by atoms with Crippen molar-refractivity contribution in [3.05, 3.63) is 47.9 Å². The van der Waals surface area contributed by atoms with E-state index in [4.69, 9.17) is 29.3 Å². The number of nitrogens with zero attached hydrogens (tertiary/aromatic N) is 4. The van der Waals surface area contributed by atoms with Gasteiger partial charge in [-0.2, -0.15) is 5.10 Å². The van der Waals surface area contributed by atoms with Crippen molar-refractivity contribution in [2.75, 3.05) is 26.1 Å². The molecule has 0 saturated carbocycles. The summed E-state index contributed by atoms with van der Waals surface area (Å²) < 4.78 is 18.4. The third-order valence-corrected chi connectivity index (χ3v) is 6.91. The number of esters is 1. The van der Waals surface area contributed by atoms with Gasteiger partial charge in [-0.05, 0) is 56.7 Å². The van der Waals surface area contributed by atoms with Crippen molar-refractivity contribution in [3.63, 3.8) is 0 Å². The van der Waals surface area contributed by atoms with Crippen LogP contribution in [0.3, 0.4) is 0 Å². The number of hydrogen-bond acceptors (Lipinski definition) is 8. The lowest BCUT2D eigenvalue weighted by molar-refractivity contribution is -0.166. The molecular formula is C26H31N5O4. The molecule has 184 valence electrons. The van der Waals surface area contributed by atoms with Crippen LogP contribution in [0.25, 0.3) is 16.5 Å². The zero-order valence-corrected chi connectivity index (χ0v) is 20.4. The molecule has 2 unspecified atom stereocenters. The fourth-order valence-electron chi connectivity index (χ4n) is 4.87. The molecule has 0 bridgehead atoms. The van der Waals surface area contributed by atoms with Crippen molar-refractivity contribution < 1.29 is 19.0 Å². The molecule has 1 fully saturated rings. The number of para-hydroxylation sites is 1. The van der Waals surface area contributed by atoms with Crippen molar-refractivity contribution in [3.8, 4) is 0 Å². The summed E-state index contributed by atoms with van der Waals surface area (Å²) in [6, 6.07) is 9.92. The highest BCUT2D eigenvalue weighted by Crippen LogP contribution is 2.36. The summed E-state index contributed by atoms with van der Waals surface area (Å²) >= 11 is 0. The third kappa shape index (κ3) is 4.53. The fourth-order valence-corrected chi connectivity index (χ4v) is 4.87. The maximum atomic E-state index is 12.3. The van der Waals surface area contributed by atoms with E-state index in [0.717, 1.165) is 48.0 Å². The monoisotopic (exact) mass is 477 g/mol. The number of carbonyl (C=O) groups is 1. The van der Waals surface area contributed by atoms with E-state index in [1.165, 1.54) is 7.11 Å². The molecular weight excluding hydrogens is 446 g/mol. The summed E-state index contributed by atoms with van der Waals surface area (Å²) in [4.78, 5) is 22.0. The van der Waals surface area contributed by atoms with E-state index >= 15 is 0 Å². The van der Waals surface area contributed by atoms with Gasteiger partial charge in [-0.3, -0.25) is 0 Å². The minimum absolute atomic E-state index is 0.0275. The van der Waals surface area contributed by atoms with Crippen molar-refractivity contribution in [1.29, 1.82) is 0 Å². The molecule has 3 aromatic rings. The molecule has 1 N–H and O–H groups in total. The number of rotatable bonds is 6. The number of aryl methyl sites for hydroxylation is 1. The van der Waals surface area contributed by atoms with E-state index in [9.17, 15) is 4.79 Å². The molecule has 1 aliphatic heterocycles. The Kier molecular flexibility index (Phi) is 6.53. The van der Waals surface area contributed by atoms with E-state index in [2.05, 4.69) is 5.32 Å².